The third kappa shape index (κ3) is 4.89. The van der Waals surface area contributed by atoms with E-state index in [1.54, 1.807) is 22.8 Å². The number of hydrogen-bond donors (Lipinski definition) is 0. The molecule has 1 fully saturated rings. The van der Waals surface area contributed by atoms with Crippen molar-refractivity contribution in [2.45, 2.75) is 13.5 Å². The number of ether oxygens (including phenoxy) is 2. The second-order valence-electron chi connectivity index (χ2n) is 7.97. The highest BCUT2D eigenvalue weighted by molar-refractivity contribution is 6.31. The number of rotatable bonds is 7. The molecule has 0 N–H and O–H groups in total. The van der Waals surface area contributed by atoms with Crippen molar-refractivity contribution in [3.05, 3.63) is 77.5 Å². The predicted molar refractivity (Wildman–Crippen MR) is 133 cm³/mol. The fraction of sp³-hybridized carbons (Fsp3) is 0.308. The third-order valence-corrected chi connectivity index (χ3v) is 6.23. The summed E-state index contributed by atoms with van der Waals surface area (Å²) >= 11 is 6.45. The molecule has 178 valence electrons. The smallest absolute Gasteiger partial charge is 0.409 e. The summed E-state index contributed by atoms with van der Waals surface area (Å²) in [7, 11) is 0. The zero-order chi connectivity index (χ0) is 24.1. The first-order valence-electron chi connectivity index (χ1n) is 11.3. The number of piperazine rings is 1. The summed E-state index contributed by atoms with van der Waals surface area (Å²) < 4.78 is 12.9. The van der Waals surface area contributed by atoms with Gasteiger partial charge in [-0.2, -0.15) is 0 Å². The average Bonchev–Trinajstić information content (AvgIpc) is 3.23. The van der Waals surface area contributed by atoms with Crippen LogP contribution in [0.5, 0.6) is 5.75 Å². The Balaban J connectivity index is 1.68. The van der Waals surface area contributed by atoms with Crippen LogP contribution in [0.3, 0.4) is 0 Å². The summed E-state index contributed by atoms with van der Waals surface area (Å²) in [4.78, 5) is 29.1. The maximum Gasteiger partial charge on any atom is 0.409 e. The van der Waals surface area contributed by atoms with Gasteiger partial charge in [-0.3, -0.25) is 4.79 Å². The quantitative estimate of drug-likeness (QED) is 0.454. The molecule has 0 aliphatic carbocycles. The molecule has 2 heterocycles. The van der Waals surface area contributed by atoms with Crippen molar-refractivity contribution in [1.29, 1.82) is 0 Å². The lowest BCUT2D eigenvalue weighted by Crippen LogP contribution is -2.51. The Hall–Kier alpha value is -3.45. The van der Waals surface area contributed by atoms with E-state index in [1.807, 2.05) is 53.1 Å². The molecule has 4 rings (SSSR count). The van der Waals surface area contributed by atoms with Gasteiger partial charge in [0.2, 0.25) is 0 Å². The van der Waals surface area contributed by atoms with Gasteiger partial charge in [-0.1, -0.05) is 48.5 Å². The van der Waals surface area contributed by atoms with E-state index in [2.05, 4.69) is 6.58 Å². The molecule has 0 bridgehead atoms. The van der Waals surface area contributed by atoms with Gasteiger partial charge in [0.05, 0.1) is 12.1 Å². The molecule has 0 unspecified atom stereocenters. The lowest BCUT2D eigenvalue weighted by Gasteiger charge is -2.34. The van der Waals surface area contributed by atoms with E-state index in [-0.39, 0.29) is 12.0 Å². The molecule has 1 aromatic heterocycles. The van der Waals surface area contributed by atoms with Crippen molar-refractivity contribution in [3.63, 3.8) is 0 Å². The number of nitrogens with zero attached hydrogens (tertiary/aromatic N) is 3. The van der Waals surface area contributed by atoms with Gasteiger partial charge in [0.1, 0.15) is 18.1 Å². The lowest BCUT2D eigenvalue weighted by molar-refractivity contribution is 0.0563. The predicted octanol–water partition coefficient (Wildman–Crippen LogP) is 4.82. The Kier molecular flexibility index (Phi) is 7.43. The van der Waals surface area contributed by atoms with Gasteiger partial charge in [-0.15, -0.1) is 0 Å². The lowest BCUT2D eigenvalue weighted by atomic mass is 10.2. The number of benzene rings is 2. The van der Waals surface area contributed by atoms with E-state index >= 15 is 0 Å². The van der Waals surface area contributed by atoms with Crippen molar-refractivity contribution < 1.29 is 19.1 Å². The van der Waals surface area contributed by atoms with Crippen molar-refractivity contribution in [2.75, 3.05) is 39.4 Å². The van der Waals surface area contributed by atoms with Crippen LogP contribution in [-0.4, -0.2) is 65.8 Å². The standard InChI is InChI=1S/C26H28ClN3O4/c1-3-16-34-24-11-7-10-22-20(24)17-23(30(22)18-19-8-5-6-9-21(19)27)25(31)28-12-14-29(15-13-28)26(32)33-4-2/h3,5-11,17H,1,4,12-16,18H2,2H3. The molecule has 0 saturated carbocycles. The van der Waals surface area contributed by atoms with E-state index in [4.69, 9.17) is 21.1 Å². The summed E-state index contributed by atoms with van der Waals surface area (Å²) in [5.74, 6) is 0.595. The van der Waals surface area contributed by atoms with Crippen LogP contribution >= 0.6 is 11.6 Å². The topological polar surface area (TPSA) is 64.0 Å². The molecule has 0 spiro atoms. The summed E-state index contributed by atoms with van der Waals surface area (Å²) in [5, 5.41) is 1.50. The maximum absolute atomic E-state index is 13.7. The van der Waals surface area contributed by atoms with Crippen LogP contribution in [0.2, 0.25) is 5.02 Å². The Labute approximate surface area is 204 Å². The first-order chi connectivity index (χ1) is 16.5. The zero-order valence-electron chi connectivity index (χ0n) is 19.2. The number of halogens is 1. The fourth-order valence-electron chi connectivity index (χ4n) is 4.15. The average molecular weight is 482 g/mol. The molecule has 8 heteroatoms. The zero-order valence-corrected chi connectivity index (χ0v) is 20.0. The van der Waals surface area contributed by atoms with E-state index < -0.39 is 0 Å². The normalized spacial score (nSPS) is 13.7. The Morgan fingerprint density at radius 1 is 1.06 bits per heavy atom. The molecule has 1 saturated heterocycles. The number of hydrogen-bond acceptors (Lipinski definition) is 4. The highest BCUT2D eigenvalue weighted by Crippen LogP contribution is 2.31. The molecular formula is C26H28ClN3O4. The molecule has 7 nitrogen and oxygen atoms in total. The fourth-order valence-corrected chi connectivity index (χ4v) is 4.34. The first-order valence-corrected chi connectivity index (χ1v) is 11.7. The second-order valence-corrected chi connectivity index (χ2v) is 8.38. The van der Waals surface area contributed by atoms with Crippen LogP contribution < -0.4 is 4.74 Å². The van der Waals surface area contributed by atoms with Gasteiger partial charge in [0.25, 0.3) is 5.91 Å². The Bertz CT molecular complexity index is 1200. The van der Waals surface area contributed by atoms with Crippen molar-refractivity contribution >= 4 is 34.5 Å². The minimum Gasteiger partial charge on any atom is -0.489 e. The molecule has 3 aromatic rings. The van der Waals surface area contributed by atoms with Crippen LogP contribution in [0.25, 0.3) is 10.9 Å². The van der Waals surface area contributed by atoms with E-state index in [0.29, 0.717) is 62.4 Å². The minimum atomic E-state index is -0.341. The van der Waals surface area contributed by atoms with Crippen molar-refractivity contribution in [1.82, 2.24) is 14.4 Å². The van der Waals surface area contributed by atoms with Gasteiger partial charge in [0, 0.05) is 43.1 Å². The van der Waals surface area contributed by atoms with Gasteiger partial charge in [-0.25, -0.2) is 4.79 Å². The van der Waals surface area contributed by atoms with Crippen molar-refractivity contribution in [2.24, 2.45) is 0 Å². The third-order valence-electron chi connectivity index (χ3n) is 5.86. The number of carbonyl (C=O) groups is 2. The molecule has 2 aromatic carbocycles. The van der Waals surface area contributed by atoms with Crippen LogP contribution in [0, 0.1) is 0 Å². The van der Waals surface area contributed by atoms with Gasteiger partial charge >= 0.3 is 6.09 Å². The van der Waals surface area contributed by atoms with Crippen LogP contribution in [0.15, 0.2) is 61.2 Å². The molecule has 1 aliphatic heterocycles. The first kappa shape index (κ1) is 23.7. The summed E-state index contributed by atoms with van der Waals surface area (Å²) in [6, 6.07) is 15.3. The van der Waals surface area contributed by atoms with Crippen molar-refractivity contribution in [3.8, 4) is 5.75 Å². The highest BCUT2D eigenvalue weighted by atomic mass is 35.5. The van der Waals surface area contributed by atoms with E-state index in [0.717, 1.165) is 16.5 Å². The van der Waals surface area contributed by atoms with E-state index in [1.165, 1.54) is 0 Å². The van der Waals surface area contributed by atoms with Gasteiger partial charge < -0.3 is 23.8 Å². The summed E-state index contributed by atoms with van der Waals surface area (Å²) in [6.07, 6.45) is 1.35. The summed E-state index contributed by atoms with van der Waals surface area (Å²) in [6.45, 7) is 8.38. The van der Waals surface area contributed by atoms with Crippen LogP contribution in [0.1, 0.15) is 23.0 Å². The number of carbonyl (C=O) groups excluding carboxylic acids is 2. The van der Waals surface area contributed by atoms with E-state index in [9.17, 15) is 9.59 Å². The highest BCUT2D eigenvalue weighted by Gasteiger charge is 2.28. The molecule has 2 amide bonds. The number of amides is 2. The SMILES string of the molecule is C=CCOc1cccc2c1cc(C(=O)N1CCN(C(=O)OCC)CC1)n2Cc1ccccc1Cl. The molecule has 34 heavy (non-hydrogen) atoms. The maximum atomic E-state index is 13.7. The van der Waals surface area contributed by atoms with Crippen LogP contribution in [0.4, 0.5) is 4.79 Å². The monoisotopic (exact) mass is 481 g/mol. The second kappa shape index (κ2) is 10.7. The van der Waals surface area contributed by atoms with Gasteiger partial charge in [-0.05, 0) is 36.8 Å². The molecule has 1 aliphatic rings. The number of aromatic nitrogens is 1. The Morgan fingerprint density at radius 2 is 1.79 bits per heavy atom. The molecular weight excluding hydrogens is 454 g/mol. The number of fused-ring (bicyclic) bond motifs is 1. The minimum absolute atomic E-state index is 0.0959. The van der Waals surface area contributed by atoms with Crippen LogP contribution in [-0.2, 0) is 11.3 Å². The molecule has 0 radical (unpaired) electrons. The largest absolute Gasteiger partial charge is 0.489 e. The molecule has 0 atom stereocenters. The Morgan fingerprint density at radius 3 is 2.50 bits per heavy atom. The summed E-state index contributed by atoms with van der Waals surface area (Å²) in [5.41, 5.74) is 2.35. The van der Waals surface area contributed by atoms with Gasteiger partial charge in [0.15, 0.2) is 0 Å².